The molecule has 3 aliphatic rings. The smallest absolute Gasteiger partial charge is 0.255 e. The number of carbonyl (C=O) groups excluding carboxylic acids is 3. The van der Waals surface area contributed by atoms with Crippen molar-refractivity contribution in [3.8, 4) is 0 Å². The summed E-state index contributed by atoms with van der Waals surface area (Å²) in [7, 11) is 0. The summed E-state index contributed by atoms with van der Waals surface area (Å²) in [6.07, 6.45) is 4.13. The highest BCUT2D eigenvalue weighted by molar-refractivity contribution is 6.05. The van der Waals surface area contributed by atoms with Crippen molar-refractivity contribution in [2.75, 3.05) is 13.1 Å². The lowest BCUT2D eigenvalue weighted by molar-refractivity contribution is -0.136. The number of carbonyl (C=O) groups is 3. The molecule has 1 unspecified atom stereocenters. The third kappa shape index (κ3) is 3.62. The number of hydrogen-bond acceptors (Lipinski definition) is 4. The van der Waals surface area contributed by atoms with Crippen LogP contribution in [0.5, 0.6) is 0 Å². The SMILES string of the molecule is Cl.O=C1CCC(N2Cc3cc(CC4CCNCC4)ccc3C2=O)C(=O)N1. The van der Waals surface area contributed by atoms with Crippen molar-refractivity contribution in [1.82, 2.24) is 15.5 Å². The molecule has 3 heterocycles. The van der Waals surface area contributed by atoms with Gasteiger partial charge in [0.25, 0.3) is 5.91 Å². The maximum absolute atomic E-state index is 12.7. The van der Waals surface area contributed by atoms with Crippen LogP contribution in [-0.4, -0.2) is 41.8 Å². The van der Waals surface area contributed by atoms with Gasteiger partial charge < -0.3 is 10.2 Å². The van der Waals surface area contributed by atoms with Crippen molar-refractivity contribution in [3.05, 3.63) is 34.9 Å². The van der Waals surface area contributed by atoms with E-state index in [-0.39, 0.29) is 36.5 Å². The fourth-order valence-corrected chi connectivity index (χ4v) is 4.17. The minimum atomic E-state index is -0.537. The summed E-state index contributed by atoms with van der Waals surface area (Å²) < 4.78 is 0. The highest BCUT2D eigenvalue weighted by atomic mass is 35.5. The van der Waals surface area contributed by atoms with Crippen LogP contribution in [0.1, 0.15) is 47.2 Å². The zero-order chi connectivity index (χ0) is 17.4. The molecule has 1 aromatic carbocycles. The first-order valence-electron chi connectivity index (χ1n) is 9.09. The number of fused-ring (bicyclic) bond motifs is 1. The summed E-state index contributed by atoms with van der Waals surface area (Å²) in [6, 6.07) is 5.54. The average molecular weight is 378 g/mol. The summed E-state index contributed by atoms with van der Waals surface area (Å²) in [4.78, 5) is 37.7. The molecule has 2 saturated heterocycles. The molecule has 2 N–H and O–H groups in total. The molecular formula is C19H24ClN3O3. The predicted octanol–water partition coefficient (Wildman–Crippen LogP) is 1.41. The average Bonchev–Trinajstić information content (AvgIpc) is 2.92. The van der Waals surface area contributed by atoms with Crippen LogP contribution < -0.4 is 10.6 Å². The quantitative estimate of drug-likeness (QED) is 0.781. The summed E-state index contributed by atoms with van der Waals surface area (Å²) in [6.45, 7) is 2.62. The standard InChI is InChI=1S/C19H23N3O3.ClH/c23-17-4-3-16(18(24)21-17)22-11-14-10-13(1-2-15(14)19(22)25)9-12-5-7-20-8-6-12;/h1-2,10,12,16,20H,3-9,11H2,(H,21,23,24);1H. The Labute approximate surface area is 159 Å². The van der Waals surface area contributed by atoms with E-state index in [0.717, 1.165) is 25.1 Å². The van der Waals surface area contributed by atoms with Crippen molar-refractivity contribution in [3.63, 3.8) is 0 Å². The summed E-state index contributed by atoms with van der Waals surface area (Å²) in [5.74, 6) is -0.0115. The lowest BCUT2D eigenvalue weighted by atomic mass is 9.90. The second kappa shape index (κ2) is 7.76. The number of nitrogens with one attached hydrogen (secondary N) is 2. The third-order valence-corrected chi connectivity index (χ3v) is 5.57. The van der Waals surface area contributed by atoms with Crippen LogP contribution in [0.3, 0.4) is 0 Å². The van der Waals surface area contributed by atoms with Gasteiger partial charge in [-0.2, -0.15) is 0 Å². The first kappa shape index (κ1) is 18.9. The van der Waals surface area contributed by atoms with Crippen molar-refractivity contribution < 1.29 is 14.4 Å². The van der Waals surface area contributed by atoms with E-state index in [9.17, 15) is 14.4 Å². The Kier molecular flexibility index (Phi) is 5.63. The van der Waals surface area contributed by atoms with Crippen molar-refractivity contribution in [2.45, 2.75) is 44.7 Å². The van der Waals surface area contributed by atoms with E-state index in [1.54, 1.807) is 4.90 Å². The number of benzene rings is 1. The number of rotatable bonds is 3. The maximum atomic E-state index is 12.7. The molecule has 6 nitrogen and oxygen atoms in total. The van der Waals surface area contributed by atoms with Gasteiger partial charge in [-0.15, -0.1) is 12.4 Å². The van der Waals surface area contributed by atoms with E-state index >= 15 is 0 Å². The lowest BCUT2D eigenvalue weighted by Crippen LogP contribution is -2.52. The van der Waals surface area contributed by atoms with Gasteiger partial charge in [-0.25, -0.2) is 0 Å². The fourth-order valence-electron chi connectivity index (χ4n) is 4.17. The maximum Gasteiger partial charge on any atom is 0.255 e. The van der Waals surface area contributed by atoms with Gasteiger partial charge in [0, 0.05) is 18.5 Å². The Morgan fingerprint density at radius 3 is 2.58 bits per heavy atom. The summed E-state index contributed by atoms with van der Waals surface area (Å²) in [5.41, 5.74) is 2.96. The van der Waals surface area contributed by atoms with Crippen molar-refractivity contribution in [2.24, 2.45) is 5.92 Å². The van der Waals surface area contributed by atoms with Crippen LogP contribution >= 0.6 is 12.4 Å². The van der Waals surface area contributed by atoms with Gasteiger partial charge in [-0.05, 0) is 61.9 Å². The van der Waals surface area contributed by atoms with Gasteiger partial charge in [-0.1, -0.05) is 12.1 Å². The molecule has 0 aliphatic carbocycles. The zero-order valence-corrected chi connectivity index (χ0v) is 15.4. The molecule has 0 radical (unpaired) electrons. The molecule has 3 aliphatic heterocycles. The fraction of sp³-hybridized carbons (Fsp3) is 0.526. The first-order chi connectivity index (χ1) is 12.1. The molecule has 1 atom stereocenters. The number of hydrogen-bond donors (Lipinski definition) is 2. The van der Waals surface area contributed by atoms with Crippen molar-refractivity contribution >= 4 is 30.1 Å². The molecule has 26 heavy (non-hydrogen) atoms. The van der Waals surface area contributed by atoms with E-state index in [1.165, 1.54) is 18.4 Å². The van der Waals surface area contributed by atoms with Crippen LogP contribution in [0, 0.1) is 5.92 Å². The van der Waals surface area contributed by atoms with E-state index in [1.807, 2.05) is 12.1 Å². The number of piperidine rings is 2. The van der Waals surface area contributed by atoms with Gasteiger partial charge in [0.2, 0.25) is 11.8 Å². The lowest BCUT2D eigenvalue weighted by Gasteiger charge is -2.29. The van der Waals surface area contributed by atoms with Gasteiger partial charge >= 0.3 is 0 Å². The van der Waals surface area contributed by atoms with Crippen LogP contribution in [0.2, 0.25) is 0 Å². The normalized spacial score (nSPS) is 23.5. The molecule has 1 aromatic rings. The Balaban J connectivity index is 0.00000196. The van der Waals surface area contributed by atoms with Crippen LogP contribution in [0.25, 0.3) is 0 Å². The number of nitrogens with zero attached hydrogens (tertiary/aromatic N) is 1. The van der Waals surface area contributed by atoms with Crippen LogP contribution in [-0.2, 0) is 22.6 Å². The molecule has 3 amide bonds. The largest absolute Gasteiger partial charge is 0.322 e. The van der Waals surface area contributed by atoms with Gasteiger partial charge in [-0.3, -0.25) is 19.7 Å². The highest BCUT2D eigenvalue weighted by Gasteiger charge is 2.39. The number of halogens is 1. The van der Waals surface area contributed by atoms with E-state index < -0.39 is 6.04 Å². The van der Waals surface area contributed by atoms with Crippen LogP contribution in [0.4, 0.5) is 0 Å². The number of amides is 3. The molecule has 0 spiro atoms. The molecular weight excluding hydrogens is 354 g/mol. The molecule has 7 heteroatoms. The Morgan fingerprint density at radius 1 is 1.08 bits per heavy atom. The minimum absolute atomic E-state index is 0. The molecule has 4 rings (SSSR count). The highest BCUT2D eigenvalue weighted by Crippen LogP contribution is 2.29. The second-order valence-electron chi connectivity index (χ2n) is 7.29. The molecule has 0 saturated carbocycles. The van der Waals surface area contributed by atoms with Crippen LogP contribution in [0.15, 0.2) is 18.2 Å². The van der Waals surface area contributed by atoms with E-state index in [2.05, 4.69) is 16.7 Å². The molecule has 0 aromatic heterocycles. The molecule has 140 valence electrons. The molecule has 2 fully saturated rings. The zero-order valence-electron chi connectivity index (χ0n) is 14.6. The Bertz CT molecular complexity index is 731. The van der Waals surface area contributed by atoms with E-state index in [4.69, 9.17) is 0 Å². The van der Waals surface area contributed by atoms with E-state index in [0.29, 0.717) is 24.4 Å². The first-order valence-corrected chi connectivity index (χ1v) is 9.09. The van der Waals surface area contributed by atoms with Gasteiger partial charge in [0.05, 0.1) is 0 Å². The van der Waals surface area contributed by atoms with Gasteiger partial charge in [0.1, 0.15) is 6.04 Å². The van der Waals surface area contributed by atoms with Crippen molar-refractivity contribution in [1.29, 1.82) is 0 Å². The number of imide groups is 1. The van der Waals surface area contributed by atoms with Gasteiger partial charge in [0.15, 0.2) is 0 Å². The molecule has 0 bridgehead atoms. The minimum Gasteiger partial charge on any atom is -0.322 e. The third-order valence-electron chi connectivity index (χ3n) is 5.57. The Morgan fingerprint density at radius 2 is 1.85 bits per heavy atom. The predicted molar refractivity (Wildman–Crippen MR) is 99.0 cm³/mol. The monoisotopic (exact) mass is 377 g/mol. The summed E-state index contributed by atoms with van der Waals surface area (Å²) >= 11 is 0. The summed E-state index contributed by atoms with van der Waals surface area (Å²) in [5, 5.41) is 5.73. The Hall–Kier alpha value is -1.92. The second-order valence-corrected chi connectivity index (χ2v) is 7.29. The topological polar surface area (TPSA) is 78.5 Å².